The fraction of sp³-hybridized carbons (Fsp3) is 0.947. The molecule has 3 saturated heterocycles. The molecule has 3 aliphatic heterocycles. The monoisotopic (exact) mass is 338 g/mol. The smallest absolute Gasteiger partial charge is 0.225 e. The Morgan fingerprint density at radius 3 is 2.50 bits per heavy atom. The highest BCUT2D eigenvalue weighted by Crippen LogP contribution is 2.44. The third kappa shape index (κ3) is 3.78. The van der Waals surface area contributed by atoms with Gasteiger partial charge in [0.05, 0.1) is 6.61 Å². The van der Waals surface area contributed by atoms with E-state index in [-0.39, 0.29) is 5.92 Å². The third-order valence-corrected chi connectivity index (χ3v) is 6.38. The maximum Gasteiger partial charge on any atom is 0.225 e. The van der Waals surface area contributed by atoms with Gasteiger partial charge in [-0.3, -0.25) is 9.69 Å². The van der Waals surface area contributed by atoms with E-state index in [1.54, 1.807) is 7.11 Å². The summed E-state index contributed by atoms with van der Waals surface area (Å²) in [5.41, 5.74) is 0.389. The summed E-state index contributed by atoms with van der Waals surface area (Å²) in [4.78, 5) is 17.5. The van der Waals surface area contributed by atoms with Gasteiger partial charge in [0.1, 0.15) is 0 Å². The number of amides is 1. The molecule has 0 aromatic carbocycles. The fourth-order valence-electron chi connectivity index (χ4n) is 4.92. The zero-order valence-corrected chi connectivity index (χ0v) is 15.6. The molecule has 5 nitrogen and oxygen atoms in total. The van der Waals surface area contributed by atoms with Crippen LogP contribution in [0.3, 0.4) is 0 Å². The minimum Gasteiger partial charge on any atom is -0.383 e. The van der Waals surface area contributed by atoms with Crippen molar-refractivity contribution in [1.82, 2.24) is 9.80 Å². The molecule has 0 N–H and O–H groups in total. The number of carbonyl (C=O) groups is 1. The van der Waals surface area contributed by atoms with Crippen LogP contribution >= 0.6 is 0 Å². The van der Waals surface area contributed by atoms with Crippen LogP contribution in [0.5, 0.6) is 0 Å². The van der Waals surface area contributed by atoms with Crippen LogP contribution in [-0.4, -0.2) is 74.4 Å². The largest absolute Gasteiger partial charge is 0.383 e. The zero-order chi connectivity index (χ0) is 17.2. The second kappa shape index (κ2) is 7.71. The second-order valence-corrected chi connectivity index (χ2v) is 8.29. The quantitative estimate of drug-likeness (QED) is 0.788. The third-order valence-electron chi connectivity index (χ3n) is 6.38. The Hall–Kier alpha value is -0.650. The highest BCUT2D eigenvalue weighted by atomic mass is 16.5. The normalized spacial score (nSPS) is 28.8. The molecule has 0 radical (unpaired) electrons. The molecular formula is C19H34N2O3. The summed E-state index contributed by atoms with van der Waals surface area (Å²) < 4.78 is 10.9. The Kier molecular flexibility index (Phi) is 5.83. The summed E-state index contributed by atoms with van der Waals surface area (Å²) in [5.74, 6) is 0.574. The summed E-state index contributed by atoms with van der Waals surface area (Å²) in [5, 5.41) is 0. The van der Waals surface area contributed by atoms with Crippen LogP contribution in [0.2, 0.25) is 0 Å². The summed E-state index contributed by atoms with van der Waals surface area (Å²) in [6, 6.07) is 1.10. The van der Waals surface area contributed by atoms with Gasteiger partial charge in [-0.25, -0.2) is 0 Å². The maximum atomic E-state index is 12.7. The number of piperidine rings is 1. The van der Waals surface area contributed by atoms with Gasteiger partial charge in [-0.05, 0) is 51.4 Å². The van der Waals surface area contributed by atoms with Gasteiger partial charge in [0.15, 0.2) is 0 Å². The minimum atomic E-state index is 0.199. The van der Waals surface area contributed by atoms with Crippen molar-refractivity contribution in [3.63, 3.8) is 0 Å². The zero-order valence-electron chi connectivity index (χ0n) is 15.6. The van der Waals surface area contributed by atoms with E-state index in [4.69, 9.17) is 9.47 Å². The first-order valence-electron chi connectivity index (χ1n) is 9.66. The number of nitrogens with zero attached hydrogens (tertiary/aromatic N) is 2. The van der Waals surface area contributed by atoms with Crippen LogP contribution in [0.15, 0.2) is 0 Å². The summed E-state index contributed by atoms with van der Waals surface area (Å²) >= 11 is 0. The van der Waals surface area contributed by atoms with E-state index in [0.29, 0.717) is 23.4 Å². The van der Waals surface area contributed by atoms with E-state index in [9.17, 15) is 4.79 Å². The average molecular weight is 338 g/mol. The molecule has 0 aliphatic carbocycles. The number of rotatable bonds is 4. The lowest BCUT2D eigenvalue weighted by Gasteiger charge is -2.41. The predicted molar refractivity (Wildman–Crippen MR) is 93.9 cm³/mol. The van der Waals surface area contributed by atoms with Crippen LogP contribution in [-0.2, 0) is 14.3 Å². The topological polar surface area (TPSA) is 42.0 Å². The van der Waals surface area contributed by atoms with Crippen molar-refractivity contribution in [3.05, 3.63) is 0 Å². The van der Waals surface area contributed by atoms with Gasteiger partial charge in [-0.1, -0.05) is 0 Å². The molecule has 1 unspecified atom stereocenters. The summed E-state index contributed by atoms with van der Waals surface area (Å²) in [6.45, 7) is 9.91. The number of ether oxygens (including phenoxy) is 2. The Morgan fingerprint density at radius 1 is 1.25 bits per heavy atom. The van der Waals surface area contributed by atoms with Crippen LogP contribution in [0.1, 0.15) is 46.0 Å². The van der Waals surface area contributed by atoms with E-state index in [2.05, 4.69) is 23.6 Å². The van der Waals surface area contributed by atoms with Crippen molar-refractivity contribution in [3.8, 4) is 0 Å². The summed E-state index contributed by atoms with van der Waals surface area (Å²) in [6.07, 6.45) is 5.31. The first kappa shape index (κ1) is 18.2. The first-order chi connectivity index (χ1) is 11.5. The fourth-order valence-corrected chi connectivity index (χ4v) is 4.92. The van der Waals surface area contributed by atoms with E-state index < -0.39 is 0 Å². The average Bonchev–Trinajstić information content (AvgIpc) is 2.94. The molecule has 138 valence electrons. The Balaban J connectivity index is 1.57. The van der Waals surface area contributed by atoms with Gasteiger partial charge in [-0.15, -0.1) is 0 Å². The molecule has 24 heavy (non-hydrogen) atoms. The Bertz CT molecular complexity index is 426. The van der Waals surface area contributed by atoms with E-state index in [1.807, 2.05) is 0 Å². The number of hydrogen-bond donors (Lipinski definition) is 0. The molecule has 5 heteroatoms. The molecule has 1 amide bonds. The van der Waals surface area contributed by atoms with Crippen molar-refractivity contribution in [2.75, 3.05) is 46.6 Å². The van der Waals surface area contributed by atoms with Crippen molar-refractivity contribution in [2.24, 2.45) is 11.3 Å². The van der Waals surface area contributed by atoms with Crippen LogP contribution in [0, 0.1) is 11.3 Å². The van der Waals surface area contributed by atoms with E-state index in [1.165, 1.54) is 6.42 Å². The van der Waals surface area contributed by atoms with E-state index >= 15 is 0 Å². The lowest BCUT2D eigenvalue weighted by molar-refractivity contribution is -0.140. The molecule has 1 atom stereocenters. The van der Waals surface area contributed by atoms with Gasteiger partial charge in [0.2, 0.25) is 5.91 Å². The molecule has 3 aliphatic rings. The number of likely N-dealkylation sites (tertiary alicyclic amines) is 2. The van der Waals surface area contributed by atoms with Crippen LogP contribution in [0.4, 0.5) is 0 Å². The lowest BCUT2D eigenvalue weighted by Crippen LogP contribution is -2.47. The van der Waals surface area contributed by atoms with Crippen LogP contribution < -0.4 is 0 Å². The molecule has 0 saturated carbocycles. The van der Waals surface area contributed by atoms with Gasteiger partial charge in [0.25, 0.3) is 0 Å². The molecule has 3 heterocycles. The van der Waals surface area contributed by atoms with Crippen molar-refractivity contribution >= 4 is 5.91 Å². The highest BCUT2D eigenvalue weighted by molar-refractivity contribution is 5.79. The SMILES string of the molecule is COCC1CC2(CCN(C(=O)C3CCOCC3)CC2)CN1C(C)C. The maximum absolute atomic E-state index is 12.7. The standard InChI is InChI=1S/C19H34N2O3/c1-15(2)21-14-19(12-17(21)13-23-3)6-8-20(9-7-19)18(22)16-4-10-24-11-5-16/h15-17H,4-14H2,1-3H3. The Labute approximate surface area is 146 Å². The van der Waals surface area contributed by atoms with Gasteiger partial charge in [-0.2, -0.15) is 0 Å². The Morgan fingerprint density at radius 2 is 1.92 bits per heavy atom. The van der Waals surface area contributed by atoms with E-state index in [0.717, 1.165) is 65.1 Å². The van der Waals surface area contributed by atoms with Gasteiger partial charge < -0.3 is 14.4 Å². The minimum absolute atomic E-state index is 0.199. The first-order valence-corrected chi connectivity index (χ1v) is 9.66. The molecule has 0 bridgehead atoms. The highest BCUT2D eigenvalue weighted by Gasteiger charge is 2.46. The van der Waals surface area contributed by atoms with Crippen molar-refractivity contribution < 1.29 is 14.3 Å². The molecule has 1 spiro atoms. The van der Waals surface area contributed by atoms with Crippen molar-refractivity contribution in [1.29, 1.82) is 0 Å². The second-order valence-electron chi connectivity index (χ2n) is 8.29. The lowest BCUT2D eigenvalue weighted by atomic mass is 9.76. The predicted octanol–water partition coefficient (Wildman–Crippen LogP) is 2.15. The van der Waals surface area contributed by atoms with Crippen molar-refractivity contribution in [2.45, 2.75) is 58.0 Å². The number of hydrogen-bond acceptors (Lipinski definition) is 4. The van der Waals surface area contributed by atoms with Crippen LogP contribution in [0.25, 0.3) is 0 Å². The molecule has 3 fully saturated rings. The number of methoxy groups -OCH3 is 1. The summed E-state index contributed by atoms with van der Waals surface area (Å²) in [7, 11) is 1.80. The molecule has 0 aromatic rings. The molecular weight excluding hydrogens is 304 g/mol. The molecule has 3 rings (SSSR count). The number of carbonyl (C=O) groups excluding carboxylic acids is 1. The van der Waals surface area contributed by atoms with Gasteiger partial charge >= 0.3 is 0 Å². The van der Waals surface area contributed by atoms with Gasteiger partial charge in [0, 0.05) is 58.0 Å². The molecule has 0 aromatic heterocycles.